The topological polar surface area (TPSA) is 12.0 Å². The summed E-state index contributed by atoms with van der Waals surface area (Å²) in [4.78, 5) is 0. The van der Waals surface area contributed by atoms with Gasteiger partial charge in [-0.3, -0.25) is 0 Å². The highest BCUT2D eigenvalue weighted by Gasteiger charge is 2.20. The van der Waals surface area contributed by atoms with Crippen molar-refractivity contribution in [3.05, 3.63) is 0 Å². The zero-order valence-corrected chi connectivity index (χ0v) is 9.19. The quantitative estimate of drug-likeness (QED) is 0.673. The minimum Gasteiger partial charge on any atom is -0.316 e. The predicted molar refractivity (Wildman–Crippen MR) is 56.4 cm³/mol. The second kappa shape index (κ2) is 7.60. The van der Waals surface area contributed by atoms with Crippen LogP contribution in [0.5, 0.6) is 0 Å². The molecule has 1 nitrogen and oxygen atoms in total. The van der Waals surface area contributed by atoms with Crippen LogP contribution in [0, 0.1) is 11.8 Å². The zero-order valence-electron chi connectivity index (χ0n) is 9.19. The van der Waals surface area contributed by atoms with Gasteiger partial charge in [0.2, 0.25) is 0 Å². The summed E-state index contributed by atoms with van der Waals surface area (Å²) >= 11 is 0. The normalized spacial score (nSPS) is 29.0. The molecule has 2 atom stereocenters. The first-order valence-electron chi connectivity index (χ1n) is 5.59. The molecule has 74 valence electrons. The van der Waals surface area contributed by atoms with Crippen LogP contribution in [0.15, 0.2) is 0 Å². The van der Waals surface area contributed by atoms with Gasteiger partial charge in [0.05, 0.1) is 0 Å². The molecule has 1 heterocycles. The lowest BCUT2D eigenvalue weighted by Gasteiger charge is -2.30. The van der Waals surface area contributed by atoms with Crippen molar-refractivity contribution in [2.75, 3.05) is 13.1 Å². The third kappa shape index (κ3) is 3.57. The smallest absolute Gasteiger partial charge is 0.00180 e. The second-order valence-electron chi connectivity index (χ2n) is 3.33. The third-order valence-electron chi connectivity index (χ3n) is 2.81. The molecule has 0 aromatic rings. The molecule has 0 spiro atoms. The highest BCUT2D eigenvalue weighted by atomic mass is 14.9. The Bertz CT molecular complexity index is 79.0. The largest absolute Gasteiger partial charge is 0.316 e. The van der Waals surface area contributed by atoms with Gasteiger partial charge in [0.15, 0.2) is 0 Å². The SMILES string of the molecule is CC.CCC1CCNCC1CC. The number of hydrogen-bond donors (Lipinski definition) is 1. The van der Waals surface area contributed by atoms with Gasteiger partial charge in [0.25, 0.3) is 0 Å². The molecule has 1 fully saturated rings. The van der Waals surface area contributed by atoms with Gasteiger partial charge in [-0.05, 0) is 31.3 Å². The maximum absolute atomic E-state index is 3.45. The Morgan fingerprint density at radius 3 is 2.08 bits per heavy atom. The third-order valence-corrected chi connectivity index (χ3v) is 2.81. The summed E-state index contributed by atoms with van der Waals surface area (Å²) in [6.45, 7) is 11.1. The average Bonchev–Trinajstić information content (AvgIpc) is 2.20. The maximum Gasteiger partial charge on any atom is -0.00180 e. The minimum absolute atomic E-state index is 0.957. The summed E-state index contributed by atoms with van der Waals surface area (Å²) in [6, 6.07) is 0. The van der Waals surface area contributed by atoms with Gasteiger partial charge < -0.3 is 5.32 Å². The van der Waals surface area contributed by atoms with Crippen molar-refractivity contribution in [2.45, 2.75) is 47.0 Å². The van der Waals surface area contributed by atoms with Gasteiger partial charge in [0.1, 0.15) is 0 Å². The maximum atomic E-state index is 3.45. The van der Waals surface area contributed by atoms with Crippen LogP contribution >= 0.6 is 0 Å². The summed E-state index contributed by atoms with van der Waals surface area (Å²) in [6.07, 6.45) is 4.13. The van der Waals surface area contributed by atoms with Crippen molar-refractivity contribution in [3.63, 3.8) is 0 Å². The van der Waals surface area contributed by atoms with Crippen LogP contribution < -0.4 is 5.32 Å². The van der Waals surface area contributed by atoms with Crippen LogP contribution in [0.1, 0.15) is 47.0 Å². The Labute approximate surface area is 77.9 Å². The molecule has 12 heavy (non-hydrogen) atoms. The molecular formula is C11H25N. The zero-order chi connectivity index (χ0) is 9.40. The minimum atomic E-state index is 0.957. The summed E-state index contributed by atoms with van der Waals surface area (Å²) < 4.78 is 0. The van der Waals surface area contributed by atoms with E-state index < -0.39 is 0 Å². The lowest BCUT2D eigenvalue weighted by molar-refractivity contribution is 0.241. The molecule has 0 radical (unpaired) electrons. The van der Waals surface area contributed by atoms with Crippen molar-refractivity contribution < 1.29 is 0 Å². The number of hydrogen-bond acceptors (Lipinski definition) is 1. The number of rotatable bonds is 2. The summed E-state index contributed by atoms with van der Waals surface area (Å²) in [7, 11) is 0. The lowest BCUT2D eigenvalue weighted by atomic mass is 9.83. The Balaban J connectivity index is 0.000000561. The fourth-order valence-corrected chi connectivity index (χ4v) is 1.99. The van der Waals surface area contributed by atoms with Gasteiger partial charge in [0, 0.05) is 0 Å². The van der Waals surface area contributed by atoms with Crippen LogP contribution in [-0.4, -0.2) is 13.1 Å². The van der Waals surface area contributed by atoms with E-state index in [1.807, 2.05) is 13.8 Å². The van der Waals surface area contributed by atoms with Crippen LogP contribution in [0.4, 0.5) is 0 Å². The molecule has 1 aliphatic rings. The van der Waals surface area contributed by atoms with E-state index in [-0.39, 0.29) is 0 Å². The van der Waals surface area contributed by atoms with Crippen molar-refractivity contribution in [1.82, 2.24) is 5.32 Å². The first-order valence-corrected chi connectivity index (χ1v) is 5.59. The Kier molecular flexibility index (Phi) is 7.58. The second-order valence-corrected chi connectivity index (χ2v) is 3.33. The van der Waals surface area contributed by atoms with E-state index in [2.05, 4.69) is 19.2 Å². The molecule has 0 saturated carbocycles. The first-order chi connectivity index (χ1) is 5.88. The van der Waals surface area contributed by atoms with Crippen LogP contribution in [0.3, 0.4) is 0 Å². The fourth-order valence-electron chi connectivity index (χ4n) is 1.99. The van der Waals surface area contributed by atoms with Crippen LogP contribution in [-0.2, 0) is 0 Å². The molecule has 0 bridgehead atoms. The molecule has 1 rings (SSSR count). The summed E-state index contributed by atoms with van der Waals surface area (Å²) in [5.41, 5.74) is 0. The molecule has 2 unspecified atom stereocenters. The molecule has 1 heteroatoms. The molecule has 0 aromatic heterocycles. The summed E-state index contributed by atoms with van der Waals surface area (Å²) in [5.74, 6) is 1.96. The molecule has 0 aromatic carbocycles. The van der Waals surface area contributed by atoms with E-state index in [4.69, 9.17) is 0 Å². The number of nitrogens with one attached hydrogen (secondary N) is 1. The van der Waals surface area contributed by atoms with Gasteiger partial charge in [-0.1, -0.05) is 40.5 Å². The molecule has 0 aliphatic carbocycles. The molecule has 0 amide bonds. The standard InChI is InChI=1S/C9H19N.C2H6/c1-3-8-5-6-10-7-9(8)4-2;1-2/h8-10H,3-7H2,1-2H3;1-2H3. The summed E-state index contributed by atoms with van der Waals surface area (Å²) in [5, 5.41) is 3.45. The van der Waals surface area contributed by atoms with Gasteiger partial charge in [-0.25, -0.2) is 0 Å². The molecule has 1 saturated heterocycles. The van der Waals surface area contributed by atoms with E-state index in [0.29, 0.717) is 0 Å². The van der Waals surface area contributed by atoms with Crippen molar-refractivity contribution in [1.29, 1.82) is 0 Å². The van der Waals surface area contributed by atoms with E-state index in [1.54, 1.807) is 0 Å². The fraction of sp³-hybridized carbons (Fsp3) is 1.00. The Hall–Kier alpha value is -0.0400. The number of piperidine rings is 1. The van der Waals surface area contributed by atoms with Crippen LogP contribution in [0.2, 0.25) is 0 Å². The van der Waals surface area contributed by atoms with Crippen molar-refractivity contribution >= 4 is 0 Å². The van der Waals surface area contributed by atoms with Crippen molar-refractivity contribution in [2.24, 2.45) is 11.8 Å². The van der Waals surface area contributed by atoms with Crippen LogP contribution in [0.25, 0.3) is 0 Å². The average molecular weight is 171 g/mol. The highest BCUT2D eigenvalue weighted by molar-refractivity contribution is 4.75. The van der Waals surface area contributed by atoms with E-state index >= 15 is 0 Å². The van der Waals surface area contributed by atoms with E-state index in [9.17, 15) is 0 Å². The van der Waals surface area contributed by atoms with E-state index in [1.165, 1.54) is 32.4 Å². The van der Waals surface area contributed by atoms with Crippen molar-refractivity contribution in [3.8, 4) is 0 Å². The highest BCUT2D eigenvalue weighted by Crippen LogP contribution is 2.24. The predicted octanol–water partition coefficient (Wildman–Crippen LogP) is 3.06. The Morgan fingerprint density at radius 2 is 1.67 bits per heavy atom. The van der Waals surface area contributed by atoms with Gasteiger partial charge in [-0.15, -0.1) is 0 Å². The Morgan fingerprint density at radius 1 is 1.08 bits per heavy atom. The molecule has 1 N–H and O–H groups in total. The molecular weight excluding hydrogens is 146 g/mol. The lowest BCUT2D eigenvalue weighted by Crippen LogP contribution is -2.35. The first kappa shape index (κ1) is 12.0. The monoisotopic (exact) mass is 171 g/mol. The molecule has 1 aliphatic heterocycles. The van der Waals surface area contributed by atoms with Gasteiger partial charge >= 0.3 is 0 Å². The van der Waals surface area contributed by atoms with Gasteiger partial charge in [-0.2, -0.15) is 0 Å². The van der Waals surface area contributed by atoms with E-state index in [0.717, 1.165) is 11.8 Å².